The number of halogens is 2. The second-order valence-electron chi connectivity index (χ2n) is 7.44. The van der Waals surface area contributed by atoms with E-state index in [9.17, 15) is 4.79 Å². The van der Waals surface area contributed by atoms with Gasteiger partial charge in [-0.25, -0.2) is 0 Å². The summed E-state index contributed by atoms with van der Waals surface area (Å²) in [6.45, 7) is 3.63. The predicted molar refractivity (Wildman–Crippen MR) is 124 cm³/mol. The second-order valence-corrected chi connectivity index (χ2v) is 8.31. The van der Waals surface area contributed by atoms with E-state index in [2.05, 4.69) is 16.0 Å². The van der Waals surface area contributed by atoms with Crippen LogP contribution in [0.3, 0.4) is 0 Å². The molecule has 7 heteroatoms. The third kappa shape index (κ3) is 5.01. The zero-order valence-corrected chi connectivity index (χ0v) is 18.7. The van der Waals surface area contributed by atoms with Gasteiger partial charge >= 0.3 is 0 Å². The van der Waals surface area contributed by atoms with Gasteiger partial charge < -0.3 is 9.64 Å². The molecule has 0 saturated carbocycles. The maximum atomic E-state index is 12.9. The SMILES string of the molecule is COc1ccccc1C(=O)N1CCN(Cc2cccnc2-c2cc(Cl)cc(Cl)c2)CC1. The summed E-state index contributed by atoms with van der Waals surface area (Å²) < 4.78 is 5.35. The van der Waals surface area contributed by atoms with Gasteiger partial charge in [-0.05, 0) is 42.0 Å². The Bertz CT molecular complexity index is 1060. The molecule has 0 atom stereocenters. The van der Waals surface area contributed by atoms with Crippen LogP contribution in [0.5, 0.6) is 5.75 Å². The van der Waals surface area contributed by atoms with Crippen LogP contribution in [0.4, 0.5) is 0 Å². The maximum Gasteiger partial charge on any atom is 0.257 e. The van der Waals surface area contributed by atoms with Crippen molar-refractivity contribution in [1.82, 2.24) is 14.8 Å². The molecule has 2 heterocycles. The standard InChI is InChI=1S/C24H23Cl2N3O2/c1-31-22-7-3-2-6-21(22)24(30)29-11-9-28(10-12-29)16-17-5-4-8-27-23(17)18-13-19(25)15-20(26)14-18/h2-8,13-15H,9-12,16H2,1H3. The van der Waals surface area contributed by atoms with E-state index in [1.165, 1.54) is 0 Å². The van der Waals surface area contributed by atoms with Gasteiger partial charge in [0.15, 0.2) is 0 Å². The fourth-order valence-electron chi connectivity index (χ4n) is 3.86. The van der Waals surface area contributed by atoms with Gasteiger partial charge in [0.2, 0.25) is 0 Å². The quantitative estimate of drug-likeness (QED) is 0.541. The molecular weight excluding hydrogens is 433 g/mol. The molecule has 1 aliphatic rings. The summed E-state index contributed by atoms with van der Waals surface area (Å²) in [6.07, 6.45) is 1.78. The van der Waals surface area contributed by atoms with Gasteiger partial charge in [0.1, 0.15) is 5.75 Å². The van der Waals surface area contributed by atoms with Gasteiger partial charge in [-0.3, -0.25) is 14.7 Å². The molecule has 1 amide bonds. The third-order valence-corrected chi connectivity index (χ3v) is 5.85. The number of para-hydroxylation sites is 1. The number of nitrogens with zero attached hydrogens (tertiary/aromatic N) is 3. The Morgan fingerprint density at radius 2 is 1.71 bits per heavy atom. The number of pyridine rings is 1. The lowest BCUT2D eigenvalue weighted by Crippen LogP contribution is -2.48. The van der Waals surface area contributed by atoms with Crippen LogP contribution in [0.15, 0.2) is 60.8 Å². The minimum atomic E-state index is 0.00716. The smallest absolute Gasteiger partial charge is 0.257 e. The number of rotatable bonds is 5. The van der Waals surface area contributed by atoms with Gasteiger partial charge in [-0.2, -0.15) is 0 Å². The fraction of sp³-hybridized carbons (Fsp3) is 0.250. The molecule has 0 unspecified atom stereocenters. The van der Waals surface area contributed by atoms with Crippen molar-refractivity contribution in [3.8, 4) is 17.0 Å². The molecule has 0 spiro atoms. The van der Waals surface area contributed by atoms with Crippen LogP contribution >= 0.6 is 23.2 Å². The topological polar surface area (TPSA) is 45.7 Å². The van der Waals surface area contributed by atoms with E-state index < -0.39 is 0 Å². The molecule has 0 aliphatic carbocycles. The van der Waals surface area contributed by atoms with Gasteiger partial charge in [-0.15, -0.1) is 0 Å². The molecule has 2 aromatic carbocycles. The lowest BCUT2D eigenvalue weighted by Gasteiger charge is -2.35. The number of methoxy groups -OCH3 is 1. The lowest BCUT2D eigenvalue weighted by atomic mass is 10.0. The Hall–Kier alpha value is -2.60. The predicted octanol–water partition coefficient (Wildman–Crippen LogP) is 5.02. The molecule has 0 radical (unpaired) electrons. The molecule has 1 aromatic heterocycles. The highest BCUT2D eigenvalue weighted by Crippen LogP contribution is 2.29. The van der Waals surface area contributed by atoms with Crippen LogP contribution in [-0.2, 0) is 6.54 Å². The number of hydrogen-bond acceptors (Lipinski definition) is 4. The van der Waals surface area contributed by atoms with E-state index in [-0.39, 0.29) is 5.91 Å². The Balaban J connectivity index is 1.45. The minimum absolute atomic E-state index is 0.00716. The van der Waals surface area contributed by atoms with E-state index in [1.807, 2.05) is 47.4 Å². The minimum Gasteiger partial charge on any atom is -0.496 e. The number of carbonyl (C=O) groups excluding carboxylic acids is 1. The molecule has 31 heavy (non-hydrogen) atoms. The molecule has 5 nitrogen and oxygen atoms in total. The molecule has 160 valence electrons. The first kappa shape index (κ1) is 21.6. The van der Waals surface area contributed by atoms with Gasteiger partial charge in [0, 0.05) is 54.5 Å². The van der Waals surface area contributed by atoms with Crippen molar-refractivity contribution in [2.45, 2.75) is 6.54 Å². The largest absolute Gasteiger partial charge is 0.496 e. The van der Waals surface area contributed by atoms with Crippen LogP contribution < -0.4 is 4.74 Å². The summed E-state index contributed by atoms with van der Waals surface area (Å²) in [4.78, 5) is 21.7. The van der Waals surface area contributed by atoms with Crippen LogP contribution in [0.1, 0.15) is 15.9 Å². The Morgan fingerprint density at radius 1 is 1.00 bits per heavy atom. The van der Waals surface area contributed by atoms with Gasteiger partial charge in [0.25, 0.3) is 5.91 Å². The highest BCUT2D eigenvalue weighted by Gasteiger charge is 2.24. The number of carbonyl (C=O) groups is 1. The lowest BCUT2D eigenvalue weighted by molar-refractivity contribution is 0.0625. The Labute approximate surface area is 192 Å². The summed E-state index contributed by atoms with van der Waals surface area (Å²) in [5.41, 5.74) is 3.48. The van der Waals surface area contributed by atoms with Crippen LogP contribution in [0, 0.1) is 0 Å². The van der Waals surface area contributed by atoms with E-state index in [0.717, 1.165) is 36.5 Å². The van der Waals surface area contributed by atoms with Crippen molar-refractivity contribution in [1.29, 1.82) is 0 Å². The number of hydrogen-bond donors (Lipinski definition) is 0. The summed E-state index contributed by atoms with van der Waals surface area (Å²) >= 11 is 12.4. The molecule has 4 rings (SSSR count). The maximum absolute atomic E-state index is 12.9. The zero-order chi connectivity index (χ0) is 21.8. The van der Waals surface area contributed by atoms with Gasteiger partial charge in [0.05, 0.1) is 18.4 Å². The Kier molecular flexibility index (Phi) is 6.76. The third-order valence-electron chi connectivity index (χ3n) is 5.42. The second kappa shape index (κ2) is 9.69. The van der Waals surface area contributed by atoms with E-state index in [1.54, 1.807) is 19.4 Å². The summed E-state index contributed by atoms with van der Waals surface area (Å²) in [5, 5.41) is 1.17. The summed E-state index contributed by atoms with van der Waals surface area (Å²) in [6, 6.07) is 16.8. The Morgan fingerprint density at radius 3 is 2.42 bits per heavy atom. The van der Waals surface area contributed by atoms with E-state index in [0.29, 0.717) is 34.4 Å². The molecular formula is C24H23Cl2N3O2. The number of benzene rings is 2. The summed E-state index contributed by atoms with van der Waals surface area (Å²) in [5.74, 6) is 0.614. The van der Waals surface area contributed by atoms with Crippen molar-refractivity contribution in [3.63, 3.8) is 0 Å². The van der Waals surface area contributed by atoms with Crippen LogP contribution in [-0.4, -0.2) is 54.0 Å². The fourth-order valence-corrected chi connectivity index (χ4v) is 4.38. The molecule has 0 N–H and O–H groups in total. The number of ether oxygens (including phenoxy) is 1. The molecule has 1 saturated heterocycles. The number of aromatic nitrogens is 1. The van der Waals surface area contributed by atoms with E-state index in [4.69, 9.17) is 27.9 Å². The summed E-state index contributed by atoms with van der Waals surface area (Å²) in [7, 11) is 1.59. The molecule has 3 aromatic rings. The molecule has 0 bridgehead atoms. The monoisotopic (exact) mass is 455 g/mol. The molecule has 1 fully saturated rings. The van der Waals surface area contributed by atoms with Crippen molar-refractivity contribution >= 4 is 29.1 Å². The number of piperazine rings is 1. The van der Waals surface area contributed by atoms with Crippen LogP contribution in [0.2, 0.25) is 10.0 Å². The highest BCUT2D eigenvalue weighted by molar-refractivity contribution is 6.35. The number of amides is 1. The van der Waals surface area contributed by atoms with Crippen molar-refractivity contribution < 1.29 is 9.53 Å². The van der Waals surface area contributed by atoms with Crippen molar-refractivity contribution in [2.75, 3.05) is 33.3 Å². The average molecular weight is 456 g/mol. The van der Waals surface area contributed by atoms with E-state index >= 15 is 0 Å². The normalized spacial score (nSPS) is 14.5. The first-order chi connectivity index (χ1) is 15.0. The molecule has 1 aliphatic heterocycles. The van der Waals surface area contributed by atoms with Crippen molar-refractivity contribution in [3.05, 3.63) is 82.0 Å². The zero-order valence-electron chi connectivity index (χ0n) is 17.2. The van der Waals surface area contributed by atoms with Gasteiger partial charge in [-0.1, -0.05) is 41.4 Å². The average Bonchev–Trinajstić information content (AvgIpc) is 2.79. The first-order valence-corrected chi connectivity index (χ1v) is 10.9. The van der Waals surface area contributed by atoms with Crippen molar-refractivity contribution in [2.24, 2.45) is 0 Å². The van der Waals surface area contributed by atoms with Crippen LogP contribution in [0.25, 0.3) is 11.3 Å². The first-order valence-electron chi connectivity index (χ1n) is 10.1. The highest BCUT2D eigenvalue weighted by atomic mass is 35.5.